The van der Waals surface area contributed by atoms with E-state index in [-0.39, 0.29) is 5.25 Å². The van der Waals surface area contributed by atoms with Crippen molar-refractivity contribution in [3.8, 4) is 0 Å². The predicted molar refractivity (Wildman–Crippen MR) is 73.7 cm³/mol. The summed E-state index contributed by atoms with van der Waals surface area (Å²) in [7, 11) is 0. The summed E-state index contributed by atoms with van der Waals surface area (Å²) in [5.74, 6) is 2.56. The van der Waals surface area contributed by atoms with Crippen molar-refractivity contribution in [2.75, 3.05) is 11.5 Å². The molecule has 86 valence electrons. The third-order valence-corrected chi connectivity index (χ3v) is 5.87. The molecule has 1 aliphatic heterocycles. The molecule has 1 heterocycles. The monoisotopic (exact) mass is 252 g/mol. The topological polar surface area (TPSA) is 17.1 Å². The normalized spacial score (nSPS) is 25.4. The van der Waals surface area contributed by atoms with E-state index in [2.05, 4.69) is 6.92 Å². The summed E-state index contributed by atoms with van der Waals surface area (Å²) in [5, 5.41) is 0.578. The Morgan fingerprint density at radius 1 is 1.19 bits per heavy atom. The maximum atomic E-state index is 12.3. The molecule has 2 rings (SSSR count). The van der Waals surface area contributed by atoms with Crippen molar-refractivity contribution in [2.45, 2.75) is 24.3 Å². The van der Waals surface area contributed by atoms with Crippen LogP contribution in [0.2, 0.25) is 0 Å². The van der Waals surface area contributed by atoms with Crippen molar-refractivity contribution in [2.24, 2.45) is 0 Å². The molecule has 0 aromatic heterocycles. The fourth-order valence-electron chi connectivity index (χ4n) is 1.80. The highest BCUT2D eigenvalue weighted by atomic mass is 32.2. The number of thioether (sulfide) groups is 2. The van der Waals surface area contributed by atoms with Crippen molar-refractivity contribution in [1.29, 1.82) is 0 Å². The minimum absolute atomic E-state index is 0.140. The van der Waals surface area contributed by atoms with E-state index in [4.69, 9.17) is 0 Å². The van der Waals surface area contributed by atoms with Gasteiger partial charge in [-0.2, -0.15) is 11.8 Å². The minimum Gasteiger partial charge on any atom is -0.293 e. The van der Waals surface area contributed by atoms with E-state index in [0.717, 1.165) is 11.3 Å². The number of hydrogen-bond donors (Lipinski definition) is 0. The summed E-state index contributed by atoms with van der Waals surface area (Å²) in [6.07, 6.45) is 0. The second kappa shape index (κ2) is 5.28. The van der Waals surface area contributed by atoms with Crippen LogP contribution < -0.4 is 0 Å². The van der Waals surface area contributed by atoms with Gasteiger partial charge in [0.05, 0.1) is 5.25 Å². The van der Waals surface area contributed by atoms with Crippen LogP contribution in [-0.4, -0.2) is 27.8 Å². The van der Waals surface area contributed by atoms with Crippen molar-refractivity contribution in [3.63, 3.8) is 0 Å². The van der Waals surface area contributed by atoms with E-state index >= 15 is 0 Å². The van der Waals surface area contributed by atoms with E-state index in [1.807, 2.05) is 54.7 Å². The molecule has 16 heavy (non-hydrogen) atoms. The molecule has 0 amide bonds. The molecule has 1 fully saturated rings. The first-order valence-corrected chi connectivity index (χ1v) is 7.62. The van der Waals surface area contributed by atoms with Crippen LogP contribution in [0.5, 0.6) is 0 Å². The first-order chi connectivity index (χ1) is 7.68. The fraction of sp³-hybridized carbons (Fsp3) is 0.462. The Balaban J connectivity index is 2.14. The zero-order chi connectivity index (χ0) is 11.5. The van der Waals surface area contributed by atoms with Crippen LogP contribution in [0.1, 0.15) is 22.8 Å². The summed E-state index contributed by atoms with van der Waals surface area (Å²) >= 11 is 3.72. The zero-order valence-corrected chi connectivity index (χ0v) is 11.2. The average molecular weight is 252 g/mol. The Kier molecular flexibility index (Phi) is 3.98. The summed E-state index contributed by atoms with van der Waals surface area (Å²) in [6, 6.07) is 7.92. The molecule has 0 saturated carbocycles. The van der Waals surface area contributed by atoms with Gasteiger partial charge in [0.25, 0.3) is 0 Å². The Morgan fingerprint density at radius 3 is 2.44 bits per heavy atom. The van der Waals surface area contributed by atoms with Gasteiger partial charge in [0.2, 0.25) is 0 Å². The molecule has 0 aliphatic carbocycles. The molecule has 1 aliphatic rings. The highest BCUT2D eigenvalue weighted by molar-refractivity contribution is 8.07. The van der Waals surface area contributed by atoms with Crippen molar-refractivity contribution in [3.05, 3.63) is 35.4 Å². The SMILES string of the molecule is Cc1ccc(C(=O)C2SCCSC2C)cc1. The number of rotatable bonds is 2. The van der Waals surface area contributed by atoms with E-state index in [0.29, 0.717) is 11.0 Å². The molecule has 2 atom stereocenters. The van der Waals surface area contributed by atoms with Crippen LogP contribution in [-0.2, 0) is 0 Å². The highest BCUT2D eigenvalue weighted by Crippen LogP contribution is 2.33. The number of hydrogen-bond acceptors (Lipinski definition) is 3. The number of Topliss-reactive ketones (excluding diaryl/α,β-unsaturated/α-hetero) is 1. The van der Waals surface area contributed by atoms with E-state index in [9.17, 15) is 4.79 Å². The number of ketones is 1. The predicted octanol–water partition coefficient (Wildman–Crippen LogP) is 3.41. The molecule has 1 nitrogen and oxygen atoms in total. The van der Waals surface area contributed by atoms with Gasteiger partial charge in [-0.05, 0) is 6.92 Å². The van der Waals surface area contributed by atoms with Gasteiger partial charge in [0.15, 0.2) is 5.78 Å². The van der Waals surface area contributed by atoms with Gasteiger partial charge in [-0.3, -0.25) is 4.79 Å². The number of benzene rings is 1. The Bertz CT molecular complexity index is 372. The maximum Gasteiger partial charge on any atom is 0.176 e. The maximum absolute atomic E-state index is 12.3. The van der Waals surface area contributed by atoms with Gasteiger partial charge in [-0.25, -0.2) is 0 Å². The van der Waals surface area contributed by atoms with Gasteiger partial charge in [-0.1, -0.05) is 36.8 Å². The molecule has 2 unspecified atom stereocenters. The van der Waals surface area contributed by atoms with Crippen LogP contribution >= 0.6 is 23.5 Å². The molecular formula is C13H16OS2. The first kappa shape index (κ1) is 12.1. The second-order valence-electron chi connectivity index (χ2n) is 4.10. The van der Waals surface area contributed by atoms with Gasteiger partial charge in [-0.15, -0.1) is 11.8 Å². The van der Waals surface area contributed by atoms with E-state index in [1.165, 1.54) is 11.3 Å². The van der Waals surface area contributed by atoms with Crippen LogP contribution in [0.25, 0.3) is 0 Å². The van der Waals surface area contributed by atoms with Gasteiger partial charge < -0.3 is 0 Å². The highest BCUT2D eigenvalue weighted by Gasteiger charge is 2.29. The molecule has 0 bridgehead atoms. The largest absolute Gasteiger partial charge is 0.293 e. The molecule has 3 heteroatoms. The number of carbonyl (C=O) groups excluding carboxylic acids is 1. The zero-order valence-electron chi connectivity index (χ0n) is 9.60. The van der Waals surface area contributed by atoms with Crippen LogP contribution in [0.3, 0.4) is 0 Å². The third kappa shape index (κ3) is 2.64. The third-order valence-electron chi connectivity index (χ3n) is 2.78. The van der Waals surface area contributed by atoms with Crippen molar-refractivity contribution >= 4 is 29.3 Å². The molecule has 1 saturated heterocycles. The lowest BCUT2D eigenvalue weighted by Gasteiger charge is -2.26. The van der Waals surface area contributed by atoms with Gasteiger partial charge in [0.1, 0.15) is 0 Å². The fourth-order valence-corrected chi connectivity index (χ4v) is 4.53. The molecule has 1 aromatic carbocycles. The van der Waals surface area contributed by atoms with E-state index < -0.39 is 0 Å². The minimum atomic E-state index is 0.140. The van der Waals surface area contributed by atoms with Crippen molar-refractivity contribution < 1.29 is 4.79 Å². The van der Waals surface area contributed by atoms with Gasteiger partial charge >= 0.3 is 0 Å². The second-order valence-corrected chi connectivity index (χ2v) is 6.83. The number of aryl methyl sites for hydroxylation is 1. The number of carbonyl (C=O) groups is 1. The van der Waals surface area contributed by atoms with Crippen LogP contribution in [0, 0.1) is 6.92 Å². The molecular weight excluding hydrogens is 236 g/mol. The Labute approximate surface area is 105 Å². The smallest absolute Gasteiger partial charge is 0.176 e. The molecule has 1 aromatic rings. The summed E-state index contributed by atoms with van der Waals surface area (Å²) < 4.78 is 0. The molecule has 0 spiro atoms. The van der Waals surface area contributed by atoms with E-state index in [1.54, 1.807) is 0 Å². The average Bonchev–Trinajstić information content (AvgIpc) is 2.30. The molecule has 0 radical (unpaired) electrons. The summed E-state index contributed by atoms with van der Waals surface area (Å²) in [4.78, 5) is 12.3. The Morgan fingerprint density at radius 2 is 1.81 bits per heavy atom. The van der Waals surface area contributed by atoms with Crippen LogP contribution in [0.15, 0.2) is 24.3 Å². The lowest BCUT2D eigenvalue weighted by Crippen LogP contribution is -2.31. The molecule has 0 N–H and O–H groups in total. The summed E-state index contributed by atoms with van der Waals surface area (Å²) in [5.41, 5.74) is 2.06. The van der Waals surface area contributed by atoms with Crippen LogP contribution in [0.4, 0.5) is 0 Å². The lowest BCUT2D eigenvalue weighted by atomic mass is 10.0. The first-order valence-electron chi connectivity index (χ1n) is 5.52. The Hall–Kier alpha value is -0.410. The van der Waals surface area contributed by atoms with Gasteiger partial charge in [0, 0.05) is 22.3 Å². The summed E-state index contributed by atoms with van der Waals surface area (Å²) in [6.45, 7) is 4.20. The standard InChI is InChI=1S/C13H16OS2/c1-9-3-5-11(6-4-9)12(14)13-10(2)15-7-8-16-13/h3-6,10,13H,7-8H2,1-2H3. The quantitative estimate of drug-likeness (QED) is 0.751. The van der Waals surface area contributed by atoms with Crippen molar-refractivity contribution in [1.82, 2.24) is 0 Å². The lowest BCUT2D eigenvalue weighted by molar-refractivity contribution is 0.0989.